The minimum absolute atomic E-state index is 0. The van der Waals surface area contributed by atoms with Crippen LogP contribution in [0.3, 0.4) is 0 Å². The van der Waals surface area contributed by atoms with Gasteiger partial charge in [-0.05, 0) is 15.2 Å². The summed E-state index contributed by atoms with van der Waals surface area (Å²) < 4.78 is 16.1. The Morgan fingerprint density at radius 3 is 1.00 bits per heavy atom. The number of hydrogen-bond donors (Lipinski definition) is 0. The van der Waals surface area contributed by atoms with Crippen LogP contribution in [-0.4, -0.2) is 3.82 Å². The Morgan fingerprint density at radius 1 is 0.846 bits per heavy atom. The zero-order chi connectivity index (χ0) is 9.50. The zero-order valence-electron chi connectivity index (χ0n) is 6.01. The third-order valence-electron chi connectivity index (χ3n) is 0.659. The molecule has 0 aromatic heterocycles. The predicted octanol–water partition coefficient (Wildman–Crippen LogP) is -2.10. The molecule has 6 nitrogen and oxygen atoms in total. The maximum absolute atomic E-state index is 9.94. The van der Waals surface area contributed by atoms with Crippen LogP contribution < -0.4 is 19.6 Å². The van der Waals surface area contributed by atoms with Crippen molar-refractivity contribution in [3.63, 3.8) is 0 Å². The molecule has 0 aliphatic heterocycles. The fraction of sp³-hybridized carbons (Fsp3) is 1.00. The first-order chi connectivity index (χ1) is 4.50. The van der Waals surface area contributed by atoms with Gasteiger partial charge >= 0.3 is 90.0 Å². The summed E-state index contributed by atoms with van der Waals surface area (Å²) in [6.45, 7) is 0. The summed E-state index contributed by atoms with van der Waals surface area (Å²) in [6, 6.07) is 0. The van der Waals surface area contributed by atoms with Gasteiger partial charge in [-0.1, -0.05) is 23.2 Å². The van der Waals surface area contributed by atoms with E-state index in [-0.39, 0.29) is 90.0 Å². The fourth-order valence-electron chi connectivity index (χ4n) is 0.150. The predicted molar refractivity (Wildman–Crippen MR) is 29.7 cm³/mol. The van der Waals surface area contributed by atoms with Gasteiger partial charge in [-0.25, -0.2) is 0 Å². The van der Waals surface area contributed by atoms with Gasteiger partial charge < -0.3 is 28.7 Å². The first-order valence-electron chi connectivity index (χ1n) is 1.92. The van der Waals surface area contributed by atoms with Gasteiger partial charge in [0.1, 0.15) is 0 Å². The molecule has 0 atom stereocenters. The minimum atomic E-state index is -5.85. The van der Waals surface area contributed by atoms with Gasteiger partial charge in [0, 0.05) is 0 Å². The second-order valence-electron chi connectivity index (χ2n) is 1.50. The van der Waals surface area contributed by atoms with E-state index in [1.54, 1.807) is 0 Å². The van der Waals surface area contributed by atoms with Crippen LogP contribution in [0.2, 0.25) is 0 Å². The summed E-state index contributed by atoms with van der Waals surface area (Å²) in [7, 11) is -11.7. The first-order valence-corrected chi connectivity index (χ1v) is 5.76. The van der Waals surface area contributed by atoms with Gasteiger partial charge in [0.05, 0.1) is 0 Å². The molecule has 0 N–H and O–H groups in total. The van der Waals surface area contributed by atoms with Crippen LogP contribution in [0.1, 0.15) is 0 Å². The summed E-state index contributed by atoms with van der Waals surface area (Å²) in [5.74, 6) is 0. The van der Waals surface area contributed by atoms with Crippen LogP contribution in [-0.2, 0) is 9.13 Å². The topological polar surface area (TPSA) is 126 Å². The molecular formula is CCl2O6P2Ra2. The Kier molecular flexibility index (Phi) is 12.4. The Hall–Kier alpha value is 3.82. The van der Waals surface area contributed by atoms with Crippen molar-refractivity contribution in [3.8, 4) is 0 Å². The van der Waals surface area contributed by atoms with Crippen molar-refractivity contribution in [1.82, 2.24) is 0 Å². The van der Waals surface area contributed by atoms with Gasteiger partial charge in [0.15, 0.2) is 3.82 Å². The van der Waals surface area contributed by atoms with Crippen LogP contribution in [0.4, 0.5) is 0 Å². The van der Waals surface area contributed by atoms with Crippen molar-refractivity contribution in [2.45, 2.75) is 3.82 Å². The molecule has 0 spiro atoms. The van der Waals surface area contributed by atoms with Crippen LogP contribution >= 0.6 is 38.4 Å². The normalized spacial score (nSPS) is 12.8. The Morgan fingerprint density at radius 2 is 1.00 bits per heavy atom. The largest absolute Gasteiger partial charge is 2.00 e. The minimum Gasteiger partial charge on any atom is -0.808 e. The molecule has 0 unspecified atom stereocenters. The molecule has 0 aliphatic carbocycles. The summed E-state index contributed by atoms with van der Waals surface area (Å²) in [5.41, 5.74) is 0. The average molecular weight is 693 g/mol. The molecule has 12 heteroatoms. The molecule has 0 bridgehead atoms. The zero-order valence-corrected chi connectivity index (χ0v) is 20.9. The van der Waals surface area contributed by atoms with E-state index in [1.807, 2.05) is 0 Å². The van der Waals surface area contributed by atoms with E-state index >= 15 is 0 Å². The number of halogens is 2. The van der Waals surface area contributed by atoms with Crippen molar-refractivity contribution < 1.29 is 119 Å². The van der Waals surface area contributed by atoms with E-state index in [0.717, 1.165) is 0 Å². The average Bonchev–Trinajstić information content (AvgIpc) is 1.58. The van der Waals surface area contributed by atoms with E-state index in [2.05, 4.69) is 23.2 Å². The molecule has 0 aromatic rings. The molecule has 0 saturated carbocycles. The van der Waals surface area contributed by atoms with Gasteiger partial charge in [0.2, 0.25) is 0 Å². The van der Waals surface area contributed by atoms with Crippen molar-refractivity contribution >= 4 is 38.4 Å². The molecule has 0 heterocycles. The summed E-state index contributed by atoms with van der Waals surface area (Å²) in [5, 5.41) is 0. The summed E-state index contributed by atoms with van der Waals surface area (Å²) >= 11 is 8.96. The molecule has 0 aromatic carbocycles. The molecule has 0 radical (unpaired) electrons. The third-order valence-corrected chi connectivity index (χ3v) is 5.93. The van der Waals surface area contributed by atoms with E-state index in [9.17, 15) is 28.7 Å². The van der Waals surface area contributed by atoms with Crippen LogP contribution in [0.5, 0.6) is 0 Å². The van der Waals surface area contributed by atoms with Crippen LogP contribution in [0.15, 0.2) is 0 Å². The third kappa shape index (κ3) is 6.34. The Balaban J connectivity index is -0.000000500. The fourth-order valence-corrected chi connectivity index (χ4v) is 1.35. The maximum atomic E-state index is 9.94. The molecule has 0 aliphatic rings. The number of rotatable bonds is 2. The SMILES string of the molecule is O=P([O-])([O-])C(Cl)(Cl)P(=O)([O-])[O-].[Ra+2].[Ra+2]. The number of alkyl halides is 2. The summed E-state index contributed by atoms with van der Waals surface area (Å²) in [6.07, 6.45) is 0. The van der Waals surface area contributed by atoms with Crippen molar-refractivity contribution in [3.05, 3.63) is 0 Å². The van der Waals surface area contributed by atoms with Gasteiger partial charge in [-0.2, -0.15) is 0 Å². The molecule has 68 valence electrons. The Labute approximate surface area is 157 Å². The monoisotopic (exact) mass is 692 g/mol. The first kappa shape index (κ1) is 22.0. The van der Waals surface area contributed by atoms with Crippen molar-refractivity contribution in [2.24, 2.45) is 0 Å². The molecule has 0 rings (SSSR count). The van der Waals surface area contributed by atoms with E-state index in [0.29, 0.717) is 0 Å². The Bertz CT molecular complexity index is 219. The maximum Gasteiger partial charge on any atom is 2.00 e. The van der Waals surface area contributed by atoms with Gasteiger partial charge in [0.25, 0.3) is 0 Å². The van der Waals surface area contributed by atoms with Crippen LogP contribution in [0.25, 0.3) is 0 Å². The quantitative estimate of drug-likeness (QED) is 0.241. The second-order valence-corrected chi connectivity index (χ2v) is 7.57. The molecule has 13 heavy (non-hydrogen) atoms. The molecular weight excluding hydrogens is 693 g/mol. The van der Waals surface area contributed by atoms with E-state index in [4.69, 9.17) is 0 Å². The molecule has 0 amide bonds. The van der Waals surface area contributed by atoms with Crippen molar-refractivity contribution in [2.75, 3.05) is 0 Å². The van der Waals surface area contributed by atoms with Crippen molar-refractivity contribution in [1.29, 1.82) is 0 Å². The number of hydrogen-bond acceptors (Lipinski definition) is 6. The standard InChI is InChI=1S/CH4Cl2O6P2.2Ra/c2-1(3,10(4,5)6)11(7,8)9;;/h(H2,4,5,6)(H2,7,8,9);;/q;2*+2/p-4. The van der Waals surface area contributed by atoms with E-state index < -0.39 is 19.0 Å². The summed E-state index contributed by atoms with van der Waals surface area (Å²) in [4.78, 5) is 39.7. The van der Waals surface area contributed by atoms with Gasteiger partial charge in [-0.15, -0.1) is 0 Å². The molecule has 0 fully saturated rings. The van der Waals surface area contributed by atoms with E-state index in [1.165, 1.54) is 0 Å². The second kappa shape index (κ2) is 7.29. The smallest absolute Gasteiger partial charge is 0.808 e. The van der Waals surface area contributed by atoms with Crippen LogP contribution in [0, 0.1) is 90.0 Å². The molecule has 0 saturated heterocycles. The van der Waals surface area contributed by atoms with Gasteiger partial charge in [-0.3, -0.25) is 0 Å².